The van der Waals surface area contributed by atoms with E-state index in [1.165, 1.54) is 0 Å². The van der Waals surface area contributed by atoms with Gasteiger partial charge < -0.3 is 14.5 Å². The molecule has 5 aromatic rings. The van der Waals surface area contributed by atoms with E-state index in [1.54, 1.807) is 37.7 Å². The molecule has 0 saturated heterocycles. The second-order valence-corrected chi connectivity index (χ2v) is 8.16. The first kappa shape index (κ1) is 23.6. The first-order valence-electron chi connectivity index (χ1n) is 11.5. The average Bonchev–Trinajstić information content (AvgIpc) is 3.59. The molecule has 0 bridgehead atoms. The summed E-state index contributed by atoms with van der Waals surface area (Å²) in [5.74, 6) is 1.36. The SMILES string of the molecule is COc1cc(OCc2ccccn2)ccc1/C=C/c1cc(/C=C/c2cc([N+](=O)[O-])c3cc[nH]c3c2)[nH]n1. The van der Waals surface area contributed by atoms with E-state index in [0.29, 0.717) is 34.6 Å². The molecule has 0 unspecified atom stereocenters. The number of hydrogen-bond acceptors (Lipinski definition) is 6. The maximum absolute atomic E-state index is 11.4. The minimum Gasteiger partial charge on any atom is -0.496 e. The van der Waals surface area contributed by atoms with Crippen molar-refractivity contribution in [3.05, 3.63) is 111 Å². The van der Waals surface area contributed by atoms with E-state index in [1.807, 2.05) is 66.8 Å². The Morgan fingerprint density at radius 1 is 1.03 bits per heavy atom. The van der Waals surface area contributed by atoms with Gasteiger partial charge in [-0.05, 0) is 66.3 Å². The number of nitrogens with one attached hydrogen (secondary N) is 2. The average molecular weight is 494 g/mol. The second kappa shape index (κ2) is 10.6. The van der Waals surface area contributed by atoms with Crippen LogP contribution in [0.15, 0.2) is 73.1 Å². The fourth-order valence-corrected chi connectivity index (χ4v) is 3.86. The molecule has 3 heterocycles. The van der Waals surface area contributed by atoms with Gasteiger partial charge in [0.15, 0.2) is 0 Å². The molecule has 0 atom stereocenters. The Balaban J connectivity index is 1.27. The highest BCUT2D eigenvalue weighted by atomic mass is 16.6. The van der Waals surface area contributed by atoms with Crippen molar-refractivity contribution in [1.82, 2.24) is 20.2 Å². The van der Waals surface area contributed by atoms with Gasteiger partial charge in [0.05, 0.1) is 40.0 Å². The molecule has 0 aliphatic heterocycles. The summed E-state index contributed by atoms with van der Waals surface area (Å²) in [7, 11) is 1.61. The summed E-state index contributed by atoms with van der Waals surface area (Å²) in [6, 6.07) is 18.3. The number of nitro benzene ring substituents is 1. The van der Waals surface area contributed by atoms with Gasteiger partial charge in [-0.2, -0.15) is 5.10 Å². The van der Waals surface area contributed by atoms with E-state index in [-0.39, 0.29) is 10.6 Å². The molecule has 184 valence electrons. The molecule has 0 fully saturated rings. The molecule has 37 heavy (non-hydrogen) atoms. The number of aromatic nitrogens is 4. The number of hydrogen-bond donors (Lipinski definition) is 2. The molecule has 2 aromatic carbocycles. The monoisotopic (exact) mass is 493 g/mol. The first-order valence-corrected chi connectivity index (χ1v) is 11.5. The fraction of sp³-hybridized carbons (Fsp3) is 0.0714. The van der Waals surface area contributed by atoms with Crippen molar-refractivity contribution in [1.29, 1.82) is 0 Å². The Hall–Kier alpha value is -5.18. The number of benzene rings is 2. The van der Waals surface area contributed by atoms with E-state index in [9.17, 15) is 10.1 Å². The molecular weight excluding hydrogens is 470 g/mol. The summed E-state index contributed by atoms with van der Waals surface area (Å²) in [6.07, 6.45) is 10.8. The summed E-state index contributed by atoms with van der Waals surface area (Å²) in [6.45, 7) is 0.370. The van der Waals surface area contributed by atoms with Crippen LogP contribution in [0.2, 0.25) is 0 Å². The number of pyridine rings is 1. The van der Waals surface area contributed by atoms with Crippen LogP contribution in [-0.4, -0.2) is 32.2 Å². The van der Waals surface area contributed by atoms with Crippen molar-refractivity contribution in [2.24, 2.45) is 0 Å². The van der Waals surface area contributed by atoms with Crippen LogP contribution in [0.4, 0.5) is 5.69 Å². The highest BCUT2D eigenvalue weighted by Gasteiger charge is 2.13. The fourth-order valence-electron chi connectivity index (χ4n) is 3.86. The van der Waals surface area contributed by atoms with Crippen molar-refractivity contribution < 1.29 is 14.4 Å². The zero-order valence-electron chi connectivity index (χ0n) is 19.9. The Morgan fingerprint density at radius 2 is 1.95 bits per heavy atom. The third-order valence-electron chi connectivity index (χ3n) is 5.69. The van der Waals surface area contributed by atoms with Crippen LogP contribution in [0.25, 0.3) is 35.2 Å². The Labute approximate surface area is 212 Å². The van der Waals surface area contributed by atoms with Crippen molar-refractivity contribution in [2.45, 2.75) is 6.61 Å². The van der Waals surface area contributed by atoms with Gasteiger partial charge >= 0.3 is 0 Å². The van der Waals surface area contributed by atoms with Crippen molar-refractivity contribution >= 4 is 40.9 Å². The van der Waals surface area contributed by atoms with Crippen molar-refractivity contribution in [3.8, 4) is 11.5 Å². The van der Waals surface area contributed by atoms with E-state index < -0.39 is 0 Å². The van der Waals surface area contributed by atoms with Crippen LogP contribution in [0.3, 0.4) is 0 Å². The van der Waals surface area contributed by atoms with Crippen LogP contribution < -0.4 is 9.47 Å². The van der Waals surface area contributed by atoms with Gasteiger partial charge in [-0.1, -0.05) is 12.1 Å². The summed E-state index contributed by atoms with van der Waals surface area (Å²) in [5.41, 5.74) is 4.69. The topological polar surface area (TPSA) is 119 Å². The van der Waals surface area contributed by atoms with Gasteiger partial charge in [0, 0.05) is 30.1 Å². The predicted octanol–water partition coefficient (Wildman–Crippen LogP) is 6.12. The highest BCUT2D eigenvalue weighted by Crippen LogP contribution is 2.28. The van der Waals surface area contributed by atoms with Crippen molar-refractivity contribution in [2.75, 3.05) is 7.11 Å². The van der Waals surface area contributed by atoms with E-state index in [4.69, 9.17) is 9.47 Å². The third kappa shape index (κ3) is 5.57. The lowest BCUT2D eigenvalue weighted by molar-refractivity contribution is -0.383. The van der Waals surface area contributed by atoms with E-state index >= 15 is 0 Å². The minimum absolute atomic E-state index is 0.0636. The Kier molecular flexibility index (Phi) is 6.76. The molecule has 0 aliphatic carbocycles. The predicted molar refractivity (Wildman–Crippen MR) is 143 cm³/mol. The van der Waals surface area contributed by atoms with Gasteiger partial charge in [0.1, 0.15) is 18.1 Å². The molecule has 0 saturated carbocycles. The molecule has 3 aromatic heterocycles. The van der Waals surface area contributed by atoms with Gasteiger partial charge in [-0.25, -0.2) is 0 Å². The van der Waals surface area contributed by atoms with Gasteiger partial charge in [-0.15, -0.1) is 0 Å². The Bertz CT molecular complexity index is 1600. The normalized spacial score (nSPS) is 11.5. The minimum atomic E-state index is -0.375. The molecule has 9 heteroatoms. The van der Waals surface area contributed by atoms with Crippen LogP contribution in [0, 0.1) is 10.1 Å². The maximum Gasteiger partial charge on any atom is 0.279 e. The molecule has 0 aliphatic rings. The quantitative estimate of drug-likeness (QED) is 0.189. The molecule has 0 radical (unpaired) electrons. The third-order valence-corrected chi connectivity index (χ3v) is 5.69. The maximum atomic E-state index is 11.4. The van der Waals surface area contributed by atoms with Gasteiger partial charge in [-0.3, -0.25) is 20.2 Å². The summed E-state index contributed by atoms with van der Waals surface area (Å²) < 4.78 is 11.4. The molecule has 0 spiro atoms. The van der Waals surface area contributed by atoms with Crippen LogP contribution in [-0.2, 0) is 6.61 Å². The number of non-ortho nitro benzene ring substituents is 1. The lowest BCUT2D eigenvalue weighted by Gasteiger charge is -2.09. The Morgan fingerprint density at radius 3 is 2.76 bits per heavy atom. The van der Waals surface area contributed by atoms with Crippen molar-refractivity contribution in [3.63, 3.8) is 0 Å². The molecule has 0 amide bonds. The number of ether oxygens (including phenoxy) is 2. The summed E-state index contributed by atoms with van der Waals surface area (Å²) in [5, 5.41) is 19.3. The second-order valence-electron chi connectivity index (χ2n) is 8.16. The molecule has 2 N–H and O–H groups in total. The summed E-state index contributed by atoms with van der Waals surface area (Å²) in [4.78, 5) is 18.3. The lowest BCUT2D eigenvalue weighted by atomic mass is 10.1. The number of aromatic amines is 2. The van der Waals surface area contributed by atoms with Gasteiger partial charge in [0.2, 0.25) is 0 Å². The zero-order chi connectivity index (χ0) is 25.6. The van der Waals surface area contributed by atoms with Crippen LogP contribution in [0.1, 0.15) is 28.2 Å². The van der Waals surface area contributed by atoms with E-state index in [2.05, 4.69) is 20.2 Å². The van der Waals surface area contributed by atoms with Crippen LogP contribution in [0.5, 0.6) is 11.5 Å². The van der Waals surface area contributed by atoms with Crippen LogP contribution >= 0.6 is 0 Å². The number of H-pyrrole nitrogens is 2. The summed E-state index contributed by atoms with van der Waals surface area (Å²) >= 11 is 0. The highest BCUT2D eigenvalue weighted by molar-refractivity contribution is 5.91. The number of nitro groups is 1. The molecular formula is C28H23N5O4. The number of methoxy groups -OCH3 is 1. The largest absolute Gasteiger partial charge is 0.496 e. The molecule has 9 nitrogen and oxygen atoms in total. The standard InChI is InChI=1S/C28H23N5O4/c1-36-28-17-24(37-18-23-4-2-3-12-29-23)10-7-20(28)6-9-22-16-21(31-32-22)8-5-19-14-26-25(11-13-30-26)27(15-19)33(34)35/h2-17,30H,18H2,1H3,(H,31,32)/b8-5+,9-6+. The first-order chi connectivity index (χ1) is 18.1. The van der Waals surface area contributed by atoms with Gasteiger partial charge in [0.25, 0.3) is 5.69 Å². The zero-order valence-corrected chi connectivity index (χ0v) is 19.9. The lowest BCUT2D eigenvalue weighted by Crippen LogP contribution is -1.98. The molecule has 5 rings (SSSR count). The number of nitrogens with zero attached hydrogens (tertiary/aromatic N) is 3. The number of rotatable bonds is 9. The smallest absolute Gasteiger partial charge is 0.279 e. The number of fused-ring (bicyclic) bond motifs is 1. The van der Waals surface area contributed by atoms with E-state index in [0.717, 1.165) is 22.6 Å².